The molecule has 3 N–H and O–H groups in total. The first-order valence-corrected chi connectivity index (χ1v) is 7.84. The zero-order valence-electron chi connectivity index (χ0n) is 14.2. The lowest BCUT2D eigenvalue weighted by molar-refractivity contribution is -0.137. The number of aliphatic carboxylic acids is 1. The van der Waals surface area contributed by atoms with E-state index in [-0.39, 0.29) is 6.42 Å². The number of hydrogen-bond acceptors (Lipinski definition) is 4. The Bertz CT molecular complexity index is 715. The van der Waals surface area contributed by atoms with Crippen LogP contribution >= 0.6 is 0 Å². The van der Waals surface area contributed by atoms with Gasteiger partial charge in [0.05, 0.1) is 0 Å². The predicted octanol–water partition coefficient (Wildman–Crippen LogP) is 3.64. The second-order valence-electron chi connectivity index (χ2n) is 6.15. The van der Waals surface area contributed by atoms with Crippen LogP contribution in [0.1, 0.15) is 26.7 Å². The Balaban J connectivity index is 1.87. The fraction of sp³-hybridized carbons (Fsp3) is 0.278. The molecule has 0 aliphatic carbocycles. The standard InChI is InChI=1S/C18H21N3O4/c1-18(2,11-10-16(22)23)21-17(24)20-13-6-8-14(9-7-13)25-15-5-3-4-12-19-15/h3-9,12H,10-11H2,1-2H3,(H,22,23)(H2,20,21,24). The number of urea groups is 1. The van der Waals surface area contributed by atoms with Gasteiger partial charge >= 0.3 is 12.0 Å². The number of carbonyl (C=O) groups is 2. The number of carbonyl (C=O) groups excluding carboxylic acids is 1. The number of aromatic nitrogens is 1. The molecule has 0 spiro atoms. The third-order valence-electron chi connectivity index (χ3n) is 3.39. The molecule has 7 nitrogen and oxygen atoms in total. The second kappa shape index (κ2) is 8.14. The van der Waals surface area contributed by atoms with Crippen molar-refractivity contribution in [1.82, 2.24) is 10.3 Å². The van der Waals surface area contributed by atoms with Crippen LogP contribution < -0.4 is 15.4 Å². The molecule has 0 bridgehead atoms. The molecule has 1 aromatic heterocycles. The molecule has 1 heterocycles. The number of anilines is 1. The molecule has 1 aromatic carbocycles. The molecule has 0 atom stereocenters. The van der Waals surface area contributed by atoms with Crippen molar-refractivity contribution in [2.75, 3.05) is 5.32 Å². The van der Waals surface area contributed by atoms with Crippen LogP contribution in [-0.4, -0.2) is 27.6 Å². The molecule has 2 rings (SSSR count). The monoisotopic (exact) mass is 343 g/mol. The van der Waals surface area contributed by atoms with Crippen molar-refractivity contribution in [3.63, 3.8) is 0 Å². The minimum absolute atomic E-state index is 0.00711. The summed E-state index contributed by atoms with van der Waals surface area (Å²) >= 11 is 0. The first-order chi connectivity index (χ1) is 11.8. The average Bonchev–Trinajstić information content (AvgIpc) is 2.55. The Morgan fingerprint density at radius 3 is 2.48 bits per heavy atom. The molecule has 2 aromatic rings. The Hall–Kier alpha value is -3.09. The van der Waals surface area contributed by atoms with Gasteiger partial charge in [-0.2, -0.15) is 0 Å². The van der Waals surface area contributed by atoms with Crippen molar-refractivity contribution >= 4 is 17.7 Å². The van der Waals surface area contributed by atoms with Crippen LogP contribution in [0, 0.1) is 0 Å². The SMILES string of the molecule is CC(C)(CCC(=O)O)NC(=O)Nc1ccc(Oc2ccccn2)cc1. The van der Waals surface area contributed by atoms with Gasteiger partial charge in [-0.3, -0.25) is 4.79 Å². The van der Waals surface area contributed by atoms with Crippen molar-refractivity contribution in [2.45, 2.75) is 32.2 Å². The Kier molecular flexibility index (Phi) is 5.94. The maximum absolute atomic E-state index is 12.0. The summed E-state index contributed by atoms with van der Waals surface area (Å²) in [6.45, 7) is 3.55. The van der Waals surface area contributed by atoms with Gasteiger partial charge in [0.25, 0.3) is 0 Å². The molecule has 25 heavy (non-hydrogen) atoms. The second-order valence-corrected chi connectivity index (χ2v) is 6.15. The molecule has 0 unspecified atom stereocenters. The van der Waals surface area contributed by atoms with E-state index in [9.17, 15) is 9.59 Å². The average molecular weight is 343 g/mol. The van der Waals surface area contributed by atoms with Crippen molar-refractivity contribution in [3.05, 3.63) is 48.7 Å². The first-order valence-electron chi connectivity index (χ1n) is 7.84. The van der Waals surface area contributed by atoms with Gasteiger partial charge in [0.2, 0.25) is 5.88 Å². The van der Waals surface area contributed by atoms with Gasteiger partial charge < -0.3 is 20.5 Å². The summed E-state index contributed by atoms with van der Waals surface area (Å²) in [6.07, 6.45) is 1.97. The highest BCUT2D eigenvalue weighted by Crippen LogP contribution is 2.21. The summed E-state index contributed by atoms with van der Waals surface area (Å²) < 4.78 is 5.58. The zero-order valence-corrected chi connectivity index (χ0v) is 14.2. The molecule has 0 radical (unpaired) electrons. The maximum atomic E-state index is 12.0. The number of hydrogen-bond donors (Lipinski definition) is 3. The van der Waals surface area contributed by atoms with Crippen molar-refractivity contribution in [1.29, 1.82) is 0 Å². The topological polar surface area (TPSA) is 101 Å². The molecule has 2 amide bonds. The van der Waals surface area contributed by atoms with Crippen LogP contribution in [-0.2, 0) is 4.79 Å². The van der Waals surface area contributed by atoms with Gasteiger partial charge in [-0.1, -0.05) is 6.07 Å². The fourth-order valence-electron chi connectivity index (χ4n) is 2.09. The van der Waals surface area contributed by atoms with E-state index in [1.807, 2.05) is 6.07 Å². The number of carboxylic acid groups (broad SMARTS) is 1. The van der Waals surface area contributed by atoms with E-state index >= 15 is 0 Å². The molecule has 0 saturated carbocycles. The Labute approximate surface area is 146 Å². The largest absolute Gasteiger partial charge is 0.481 e. The van der Waals surface area contributed by atoms with Crippen molar-refractivity contribution in [3.8, 4) is 11.6 Å². The zero-order chi connectivity index (χ0) is 18.3. The van der Waals surface area contributed by atoms with Gasteiger partial charge in [0, 0.05) is 29.9 Å². The molecular formula is C18H21N3O4. The van der Waals surface area contributed by atoms with Crippen LogP contribution in [0.25, 0.3) is 0 Å². The lowest BCUT2D eigenvalue weighted by Gasteiger charge is -2.25. The van der Waals surface area contributed by atoms with Crippen LogP contribution in [0.4, 0.5) is 10.5 Å². The predicted molar refractivity (Wildman–Crippen MR) is 93.9 cm³/mol. The number of pyridine rings is 1. The lowest BCUT2D eigenvalue weighted by Crippen LogP contribution is -2.45. The van der Waals surface area contributed by atoms with Crippen molar-refractivity contribution in [2.24, 2.45) is 0 Å². The molecule has 0 fully saturated rings. The molecule has 0 aliphatic heterocycles. The van der Waals surface area contributed by atoms with Crippen LogP contribution in [0.3, 0.4) is 0 Å². The van der Waals surface area contributed by atoms with E-state index in [1.165, 1.54) is 0 Å². The number of benzene rings is 1. The van der Waals surface area contributed by atoms with E-state index < -0.39 is 17.5 Å². The van der Waals surface area contributed by atoms with Gasteiger partial charge in [0.15, 0.2) is 0 Å². The fourth-order valence-corrected chi connectivity index (χ4v) is 2.09. The van der Waals surface area contributed by atoms with Gasteiger partial charge in [0.1, 0.15) is 5.75 Å². The van der Waals surface area contributed by atoms with E-state index in [0.717, 1.165) is 0 Å². The summed E-state index contributed by atoms with van der Waals surface area (Å²) in [7, 11) is 0. The van der Waals surface area contributed by atoms with Crippen LogP contribution in [0.2, 0.25) is 0 Å². The van der Waals surface area contributed by atoms with E-state index in [2.05, 4.69) is 15.6 Å². The smallest absolute Gasteiger partial charge is 0.319 e. The number of carboxylic acids is 1. The third-order valence-corrected chi connectivity index (χ3v) is 3.39. The number of nitrogens with zero attached hydrogens (tertiary/aromatic N) is 1. The normalized spacial score (nSPS) is 10.8. The molecule has 7 heteroatoms. The minimum atomic E-state index is -0.890. The highest BCUT2D eigenvalue weighted by atomic mass is 16.5. The molecular weight excluding hydrogens is 322 g/mol. The Morgan fingerprint density at radius 1 is 1.16 bits per heavy atom. The summed E-state index contributed by atoms with van der Waals surface area (Å²) in [6, 6.07) is 11.8. The summed E-state index contributed by atoms with van der Waals surface area (Å²) in [4.78, 5) is 26.8. The molecule has 0 saturated heterocycles. The maximum Gasteiger partial charge on any atom is 0.319 e. The summed E-state index contributed by atoms with van der Waals surface area (Å²) in [5.41, 5.74) is -0.0234. The van der Waals surface area contributed by atoms with Crippen molar-refractivity contribution < 1.29 is 19.4 Å². The highest BCUT2D eigenvalue weighted by Gasteiger charge is 2.21. The van der Waals surface area contributed by atoms with Gasteiger partial charge in [-0.15, -0.1) is 0 Å². The van der Waals surface area contributed by atoms with E-state index in [0.29, 0.717) is 23.7 Å². The number of nitrogens with one attached hydrogen (secondary N) is 2. The lowest BCUT2D eigenvalue weighted by atomic mass is 9.99. The van der Waals surface area contributed by atoms with Crippen LogP contribution in [0.5, 0.6) is 11.6 Å². The molecule has 132 valence electrons. The summed E-state index contributed by atoms with van der Waals surface area (Å²) in [5, 5.41) is 14.2. The van der Waals surface area contributed by atoms with Gasteiger partial charge in [-0.25, -0.2) is 9.78 Å². The number of rotatable bonds is 7. The third kappa shape index (κ3) is 6.50. The van der Waals surface area contributed by atoms with E-state index in [4.69, 9.17) is 9.84 Å². The quantitative estimate of drug-likeness (QED) is 0.712. The number of ether oxygens (including phenoxy) is 1. The summed E-state index contributed by atoms with van der Waals surface area (Å²) in [5.74, 6) is 0.200. The first kappa shape index (κ1) is 18.3. The van der Waals surface area contributed by atoms with Crippen LogP contribution in [0.15, 0.2) is 48.7 Å². The Morgan fingerprint density at radius 2 is 1.88 bits per heavy atom. The minimum Gasteiger partial charge on any atom is -0.481 e. The van der Waals surface area contributed by atoms with Gasteiger partial charge in [-0.05, 0) is 50.6 Å². The molecule has 0 aliphatic rings. The number of amides is 2. The highest BCUT2D eigenvalue weighted by molar-refractivity contribution is 5.89. The van der Waals surface area contributed by atoms with E-state index in [1.54, 1.807) is 56.4 Å².